The van der Waals surface area contributed by atoms with Crippen molar-refractivity contribution in [1.29, 1.82) is 0 Å². The molecule has 2 aromatic carbocycles. The molecule has 2 N–H and O–H groups in total. The predicted molar refractivity (Wildman–Crippen MR) is 121 cm³/mol. The van der Waals surface area contributed by atoms with Crippen LogP contribution in [-0.2, 0) is 4.79 Å². The zero-order valence-corrected chi connectivity index (χ0v) is 17.4. The Bertz CT molecular complexity index is 1290. The zero-order valence-electron chi connectivity index (χ0n) is 17.4. The molecule has 32 heavy (non-hydrogen) atoms. The molecule has 1 fully saturated rings. The van der Waals surface area contributed by atoms with Gasteiger partial charge in [0.05, 0.1) is 12.8 Å². The summed E-state index contributed by atoms with van der Waals surface area (Å²) in [6, 6.07) is 17.9. The number of methoxy groups -OCH3 is 1. The number of nitrogens with zero attached hydrogens (tertiary/aromatic N) is 3. The second-order valence-corrected chi connectivity index (χ2v) is 7.69. The Morgan fingerprint density at radius 3 is 2.31 bits per heavy atom. The average molecular weight is 427 g/mol. The van der Waals surface area contributed by atoms with E-state index < -0.39 is 0 Å². The maximum Gasteiger partial charge on any atom is 0.255 e. The summed E-state index contributed by atoms with van der Waals surface area (Å²) in [6.45, 7) is 0. The molecule has 8 nitrogen and oxygen atoms in total. The molecule has 1 saturated carbocycles. The molecule has 0 atom stereocenters. The van der Waals surface area contributed by atoms with Gasteiger partial charge in [-0.3, -0.25) is 14.0 Å². The van der Waals surface area contributed by atoms with E-state index in [2.05, 4.69) is 20.8 Å². The highest BCUT2D eigenvalue weighted by Gasteiger charge is 2.29. The maximum atomic E-state index is 12.6. The Hall–Kier alpha value is -4.20. The molecule has 0 radical (unpaired) electrons. The van der Waals surface area contributed by atoms with Gasteiger partial charge in [0.2, 0.25) is 5.91 Å². The molecule has 2 aromatic heterocycles. The first-order valence-corrected chi connectivity index (χ1v) is 10.3. The molecule has 0 unspecified atom stereocenters. The molecule has 5 rings (SSSR count). The Morgan fingerprint density at radius 1 is 0.906 bits per heavy atom. The van der Waals surface area contributed by atoms with Crippen molar-refractivity contribution >= 4 is 28.8 Å². The van der Waals surface area contributed by atoms with Crippen LogP contribution in [-0.4, -0.2) is 33.5 Å². The highest BCUT2D eigenvalue weighted by molar-refractivity contribution is 6.04. The number of fused-ring (bicyclic) bond motifs is 1. The van der Waals surface area contributed by atoms with Crippen molar-refractivity contribution in [2.24, 2.45) is 5.92 Å². The summed E-state index contributed by atoms with van der Waals surface area (Å²) in [5, 5.41) is 14.3. The fourth-order valence-electron chi connectivity index (χ4n) is 3.40. The lowest BCUT2D eigenvalue weighted by Gasteiger charge is -2.08. The van der Waals surface area contributed by atoms with Gasteiger partial charge in [0.15, 0.2) is 11.5 Å². The van der Waals surface area contributed by atoms with Crippen LogP contribution in [0.3, 0.4) is 0 Å². The maximum absolute atomic E-state index is 12.6. The second kappa shape index (κ2) is 8.14. The first kappa shape index (κ1) is 19.7. The van der Waals surface area contributed by atoms with Crippen LogP contribution in [0, 0.1) is 5.92 Å². The van der Waals surface area contributed by atoms with Crippen LogP contribution >= 0.6 is 0 Å². The summed E-state index contributed by atoms with van der Waals surface area (Å²) in [7, 11) is 1.60. The number of carbonyl (C=O) groups is 2. The molecular weight excluding hydrogens is 406 g/mol. The van der Waals surface area contributed by atoms with Crippen molar-refractivity contribution < 1.29 is 14.3 Å². The van der Waals surface area contributed by atoms with E-state index in [1.165, 1.54) is 0 Å². The molecule has 1 aliphatic rings. The van der Waals surface area contributed by atoms with Crippen LogP contribution in [0.5, 0.6) is 5.75 Å². The zero-order chi connectivity index (χ0) is 22.1. The number of hydrogen-bond donors (Lipinski definition) is 2. The summed E-state index contributed by atoms with van der Waals surface area (Å²) in [5.41, 5.74) is 3.39. The van der Waals surface area contributed by atoms with Gasteiger partial charge in [-0.1, -0.05) is 12.1 Å². The van der Waals surface area contributed by atoms with E-state index in [0.29, 0.717) is 28.4 Å². The lowest BCUT2D eigenvalue weighted by atomic mass is 10.1. The highest BCUT2D eigenvalue weighted by atomic mass is 16.5. The van der Waals surface area contributed by atoms with Gasteiger partial charge in [0.1, 0.15) is 5.75 Å². The van der Waals surface area contributed by atoms with Gasteiger partial charge in [-0.2, -0.15) is 0 Å². The molecular formula is C24H21N5O3. The summed E-state index contributed by atoms with van der Waals surface area (Å²) >= 11 is 0. The van der Waals surface area contributed by atoms with Crippen LogP contribution in [0.4, 0.5) is 11.4 Å². The number of anilines is 2. The largest absolute Gasteiger partial charge is 0.497 e. The Balaban J connectivity index is 1.34. The standard InChI is InChI=1S/C24H21N5O3/c1-32-20-11-8-18(9-12-20)25-23(30)16-4-2-15(3-5-16)22-28-27-21-13-10-19(14-29(21)22)26-24(31)17-6-7-17/h2-5,8-14,17H,6-7H2,1H3,(H,25,30)(H,26,31). The Morgan fingerprint density at radius 2 is 1.62 bits per heavy atom. The van der Waals surface area contributed by atoms with E-state index >= 15 is 0 Å². The van der Waals surface area contributed by atoms with E-state index in [0.717, 1.165) is 24.2 Å². The van der Waals surface area contributed by atoms with Gasteiger partial charge in [-0.05, 0) is 61.4 Å². The molecule has 2 heterocycles. The van der Waals surface area contributed by atoms with Gasteiger partial charge in [-0.25, -0.2) is 0 Å². The van der Waals surface area contributed by atoms with Crippen LogP contribution in [0.2, 0.25) is 0 Å². The van der Waals surface area contributed by atoms with E-state index in [1.807, 2.05) is 34.9 Å². The molecule has 1 aliphatic carbocycles. The minimum atomic E-state index is -0.210. The number of pyridine rings is 1. The average Bonchev–Trinajstić information content (AvgIpc) is 3.60. The molecule has 0 bridgehead atoms. The van der Waals surface area contributed by atoms with Crippen LogP contribution in [0.15, 0.2) is 66.9 Å². The fourth-order valence-corrected chi connectivity index (χ4v) is 3.40. The van der Waals surface area contributed by atoms with Crippen molar-refractivity contribution in [2.45, 2.75) is 12.8 Å². The fraction of sp³-hybridized carbons (Fsp3) is 0.167. The molecule has 0 saturated heterocycles. The van der Waals surface area contributed by atoms with Gasteiger partial charge >= 0.3 is 0 Å². The Kier molecular flexibility index (Phi) is 5.03. The van der Waals surface area contributed by atoms with Gasteiger partial charge in [0.25, 0.3) is 5.91 Å². The normalized spacial score (nSPS) is 13.0. The minimum absolute atomic E-state index is 0.0474. The minimum Gasteiger partial charge on any atom is -0.497 e. The number of ether oxygens (including phenoxy) is 1. The van der Waals surface area contributed by atoms with Crippen molar-refractivity contribution in [3.63, 3.8) is 0 Å². The molecule has 8 heteroatoms. The van der Waals surface area contributed by atoms with E-state index in [9.17, 15) is 9.59 Å². The number of rotatable bonds is 6. The molecule has 4 aromatic rings. The van der Waals surface area contributed by atoms with Crippen LogP contribution in [0.25, 0.3) is 17.0 Å². The molecule has 160 valence electrons. The summed E-state index contributed by atoms with van der Waals surface area (Å²) in [5.74, 6) is 1.32. The van der Waals surface area contributed by atoms with Crippen molar-refractivity contribution in [2.75, 3.05) is 17.7 Å². The number of hydrogen-bond acceptors (Lipinski definition) is 5. The summed E-state index contributed by atoms with van der Waals surface area (Å²) < 4.78 is 6.96. The van der Waals surface area contributed by atoms with Crippen LogP contribution in [0.1, 0.15) is 23.2 Å². The first-order chi connectivity index (χ1) is 15.6. The van der Waals surface area contributed by atoms with Crippen molar-refractivity contribution in [1.82, 2.24) is 14.6 Å². The van der Waals surface area contributed by atoms with Gasteiger partial charge < -0.3 is 15.4 Å². The SMILES string of the molecule is COc1ccc(NC(=O)c2ccc(-c3nnc4ccc(NC(=O)C5CC5)cn34)cc2)cc1. The second-order valence-electron chi connectivity index (χ2n) is 7.69. The number of carbonyl (C=O) groups excluding carboxylic acids is 2. The summed E-state index contributed by atoms with van der Waals surface area (Å²) in [4.78, 5) is 24.6. The third kappa shape index (κ3) is 4.02. The smallest absolute Gasteiger partial charge is 0.255 e. The predicted octanol–water partition coefficient (Wildman–Crippen LogP) is 4.01. The molecule has 2 amide bonds. The third-order valence-corrected chi connectivity index (χ3v) is 5.37. The number of amides is 2. The molecule has 0 spiro atoms. The number of benzene rings is 2. The lowest BCUT2D eigenvalue weighted by Crippen LogP contribution is -2.13. The van der Waals surface area contributed by atoms with Crippen molar-refractivity contribution in [3.05, 3.63) is 72.4 Å². The van der Waals surface area contributed by atoms with Crippen molar-refractivity contribution in [3.8, 4) is 17.1 Å². The van der Waals surface area contributed by atoms with E-state index in [1.54, 1.807) is 43.5 Å². The van der Waals surface area contributed by atoms with Crippen LogP contribution < -0.4 is 15.4 Å². The highest BCUT2D eigenvalue weighted by Crippen LogP contribution is 2.30. The quantitative estimate of drug-likeness (QED) is 0.485. The number of aromatic nitrogens is 3. The summed E-state index contributed by atoms with van der Waals surface area (Å²) in [6.07, 6.45) is 3.71. The topological polar surface area (TPSA) is 97.6 Å². The third-order valence-electron chi connectivity index (χ3n) is 5.37. The monoisotopic (exact) mass is 427 g/mol. The van der Waals surface area contributed by atoms with Gasteiger partial charge in [-0.15, -0.1) is 10.2 Å². The van der Waals surface area contributed by atoms with E-state index in [4.69, 9.17) is 4.74 Å². The van der Waals surface area contributed by atoms with Gasteiger partial charge in [0, 0.05) is 28.9 Å². The lowest BCUT2D eigenvalue weighted by molar-refractivity contribution is -0.117. The Labute approximate surface area is 184 Å². The first-order valence-electron chi connectivity index (χ1n) is 10.3. The van der Waals surface area contributed by atoms with E-state index in [-0.39, 0.29) is 17.7 Å². The molecule has 0 aliphatic heterocycles. The number of nitrogens with one attached hydrogen (secondary N) is 2.